The van der Waals surface area contributed by atoms with Gasteiger partial charge in [0.2, 0.25) is 5.91 Å². The summed E-state index contributed by atoms with van der Waals surface area (Å²) in [4.78, 5) is 17.3. The van der Waals surface area contributed by atoms with Crippen LogP contribution in [-0.4, -0.2) is 38.9 Å². The van der Waals surface area contributed by atoms with Gasteiger partial charge in [-0.1, -0.05) is 13.8 Å². The maximum atomic E-state index is 13.0. The van der Waals surface area contributed by atoms with Crippen LogP contribution in [0.1, 0.15) is 26.7 Å². The first-order valence-corrected chi connectivity index (χ1v) is 8.62. The topological polar surface area (TPSA) is 95.1 Å². The number of rotatable bonds is 3. The summed E-state index contributed by atoms with van der Waals surface area (Å²) in [6.45, 7) is 4.78. The van der Waals surface area contributed by atoms with Gasteiger partial charge in [0.25, 0.3) is 0 Å². The van der Waals surface area contributed by atoms with E-state index in [0.717, 1.165) is 19.4 Å². The third-order valence-electron chi connectivity index (χ3n) is 5.81. The summed E-state index contributed by atoms with van der Waals surface area (Å²) in [5.74, 6) is 0.584. The van der Waals surface area contributed by atoms with Gasteiger partial charge >= 0.3 is 0 Å². The summed E-state index contributed by atoms with van der Waals surface area (Å²) in [6, 6.07) is 5.45. The van der Waals surface area contributed by atoms with Gasteiger partial charge in [-0.3, -0.25) is 4.79 Å². The summed E-state index contributed by atoms with van der Waals surface area (Å²) in [5, 5.41) is 7.07. The molecule has 2 aromatic heterocycles. The number of amides is 1. The molecule has 0 bridgehead atoms. The molecule has 1 saturated carbocycles. The van der Waals surface area contributed by atoms with Gasteiger partial charge in [-0.15, -0.1) is 0 Å². The van der Waals surface area contributed by atoms with Gasteiger partial charge in [-0.05, 0) is 31.0 Å². The molecule has 3 unspecified atom stereocenters. The van der Waals surface area contributed by atoms with Crippen molar-refractivity contribution in [2.75, 3.05) is 11.9 Å². The molecule has 2 aliphatic rings. The first-order chi connectivity index (χ1) is 11.9. The monoisotopic (exact) mass is 341 g/mol. The molecule has 0 spiro atoms. The Balaban J connectivity index is 1.52. The van der Waals surface area contributed by atoms with E-state index < -0.39 is 11.0 Å². The van der Waals surface area contributed by atoms with Crippen LogP contribution >= 0.6 is 0 Å². The van der Waals surface area contributed by atoms with Gasteiger partial charge in [0.05, 0.1) is 18.0 Å². The number of carbonyl (C=O) groups is 1. The zero-order valence-corrected chi connectivity index (χ0v) is 14.5. The van der Waals surface area contributed by atoms with E-state index in [0.29, 0.717) is 11.5 Å². The molecule has 3 atom stereocenters. The number of fused-ring (bicyclic) bond motifs is 1. The highest BCUT2D eigenvalue weighted by atomic mass is 16.5. The maximum Gasteiger partial charge on any atom is 0.245 e. The van der Waals surface area contributed by atoms with E-state index in [1.807, 2.05) is 38.2 Å². The molecule has 0 aromatic carbocycles. The summed E-state index contributed by atoms with van der Waals surface area (Å²) in [6.07, 6.45) is 7.06. The van der Waals surface area contributed by atoms with Crippen molar-refractivity contribution in [2.45, 2.75) is 38.3 Å². The second-order valence-electron chi connectivity index (χ2n) is 7.44. The number of pyridine rings is 1. The van der Waals surface area contributed by atoms with E-state index in [1.54, 1.807) is 17.1 Å². The number of hydrogen-bond acceptors (Lipinski definition) is 5. The smallest absolute Gasteiger partial charge is 0.245 e. The first-order valence-electron chi connectivity index (χ1n) is 8.62. The largest absolute Gasteiger partial charge is 0.377 e. The molecule has 7 heteroatoms. The van der Waals surface area contributed by atoms with Crippen LogP contribution in [0.5, 0.6) is 0 Å². The SMILES string of the molecule is CC1(C)C2OCCCC2C1(N)C(=O)Nc1ccc(-n2cccn2)nc1. The Morgan fingerprint density at radius 1 is 1.44 bits per heavy atom. The molecule has 3 N–H and O–H groups in total. The van der Waals surface area contributed by atoms with E-state index in [4.69, 9.17) is 10.5 Å². The number of ether oxygens (including phenoxy) is 1. The lowest BCUT2D eigenvalue weighted by atomic mass is 9.46. The fraction of sp³-hybridized carbons (Fsp3) is 0.500. The normalized spacial score (nSPS) is 30.2. The molecule has 0 radical (unpaired) electrons. The Bertz CT molecular complexity index is 771. The van der Waals surface area contributed by atoms with Crippen LogP contribution in [0.4, 0.5) is 5.69 Å². The molecule has 1 aliphatic carbocycles. The summed E-state index contributed by atoms with van der Waals surface area (Å²) < 4.78 is 7.52. The zero-order chi connectivity index (χ0) is 17.7. The Morgan fingerprint density at radius 3 is 2.96 bits per heavy atom. The number of anilines is 1. The van der Waals surface area contributed by atoms with Crippen LogP contribution in [0.2, 0.25) is 0 Å². The van der Waals surface area contributed by atoms with E-state index in [1.165, 1.54) is 0 Å². The molecular weight excluding hydrogens is 318 g/mol. The van der Waals surface area contributed by atoms with Gasteiger partial charge < -0.3 is 15.8 Å². The van der Waals surface area contributed by atoms with Gasteiger partial charge in [-0.2, -0.15) is 5.10 Å². The van der Waals surface area contributed by atoms with Crippen molar-refractivity contribution in [1.29, 1.82) is 0 Å². The lowest BCUT2D eigenvalue weighted by molar-refractivity contribution is -0.222. The van der Waals surface area contributed by atoms with Crippen molar-refractivity contribution >= 4 is 11.6 Å². The molecule has 25 heavy (non-hydrogen) atoms. The minimum absolute atomic E-state index is 0.0531. The molecule has 2 aromatic rings. The Morgan fingerprint density at radius 2 is 2.28 bits per heavy atom. The highest BCUT2D eigenvalue weighted by molar-refractivity contribution is 6.00. The van der Waals surface area contributed by atoms with Crippen LogP contribution < -0.4 is 11.1 Å². The lowest BCUT2D eigenvalue weighted by Gasteiger charge is -2.65. The predicted octanol–water partition coefficient (Wildman–Crippen LogP) is 1.74. The van der Waals surface area contributed by atoms with Crippen LogP contribution in [0.25, 0.3) is 5.82 Å². The molecule has 1 amide bonds. The quantitative estimate of drug-likeness (QED) is 0.887. The maximum absolute atomic E-state index is 13.0. The average Bonchev–Trinajstić information content (AvgIpc) is 3.16. The van der Waals surface area contributed by atoms with Gasteiger partial charge in [0, 0.05) is 30.3 Å². The van der Waals surface area contributed by atoms with E-state index in [2.05, 4.69) is 15.4 Å². The van der Waals surface area contributed by atoms with Crippen LogP contribution in [0, 0.1) is 11.3 Å². The Hall–Kier alpha value is -2.25. The van der Waals surface area contributed by atoms with E-state index in [9.17, 15) is 4.79 Å². The van der Waals surface area contributed by atoms with Crippen molar-refractivity contribution in [1.82, 2.24) is 14.8 Å². The molecule has 7 nitrogen and oxygen atoms in total. The summed E-state index contributed by atoms with van der Waals surface area (Å²) >= 11 is 0. The van der Waals surface area contributed by atoms with Crippen molar-refractivity contribution < 1.29 is 9.53 Å². The van der Waals surface area contributed by atoms with Crippen molar-refractivity contribution in [3.05, 3.63) is 36.8 Å². The van der Waals surface area contributed by atoms with Crippen LogP contribution in [-0.2, 0) is 9.53 Å². The second kappa shape index (κ2) is 5.64. The molecule has 4 rings (SSSR count). The van der Waals surface area contributed by atoms with Crippen molar-refractivity contribution in [3.63, 3.8) is 0 Å². The predicted molar refractivity (Wildman–Crippen MR) is 93.2 cm³/mol. The molecular formula is C18H23N5O2. The van der Waals surface area contributed by atoms with Crippen LogP contribution in [0.3, 0.4) is 0 Å². The van der Waals surface area contributed by atoms with Crippen molar-refractivity contribution in [2.24, 2.45) is 17.1 Å². The van der Waals surface area contributed by atoms with Gasteiger partial charge in [0.15, 0.2) is 5.82 Å². The van der Waals surface area contributed by atoms with Crippen LogP contribution in [0.15, 0.2) is 36.8 Å². The fourth-order valence-electron chi connectivity index (χ4n) is 4.27. The third kappa shape index (κ3) is 2.30. The standard InChI is InChI=1S/C18H23N5O2/c1-17(2)15-13(5-3-10-25-15)18(17,19)16(24)22-12-6-7-14(20-11-12)23-9-4-8-21-23/h4,6-9,11,13,15H,3,5,10,19H2,1-2H3,(H,22,24). The Kier molecular flexibility index (Phi) is 3.66. The van der Waals surface area contributed by atoms with Crippen molar-refractivity contribution in [3.8, 4) is 5.82 Å². The number of nitrogens with one attached hydrogen (secondary N) is 1. The number of nitrogens with two attached hydrogens (primary N) is 1. The summed E-state index contributed by atoms with van der Waals surface area (Å²) in [7, 11) is 0. The highest BCUT2D eigenvalue weighted by Gasteiger charge is 2.70. The molecule has 132 valence electrons. The van der Waals surface area contributed by atoms with E-state index in [-0.39, 0.29) is 17.9 Å². The average molecular weight is 341 g/mol. The second-order valence-corrected chi connectivity index (χ2v) is 7.44. The molecule has 1 saturated heterocycles. The number of hydrogen-bond donors (Lipinski definition) is 2. The lowest BCUT2D eigenvalue weighted by Crippen LogP contribution is -2.81. The molecule has 3 heterocycles. The Labute approximate surface area is 146 Å². The fourth-order valence-corrected chi connectivity index (χ4v) is 4.27. The number of carbonyl (C=O) groups excluding carboxylic acids is 1. The number of aromatic nitrogens is 3. The van der Waals surface area contributed by atoms with Gasteiger partial charge in [0.1, 0.15) is 5.54 Å². The number of nitrogens with zero attached hydrogens (tertiary/aromatic N) is 3. The van der Waals surface area contributed by atoms with Gasteiger partial charge in [-0.25, -0.2) is 9.67 Å². The minimum atomic E-state index is -0.932. The third-order valence-corrected chi connectivity index (χ3v) is 5.81. The molecule has 1 aliphatic heterocycles. The first kappa shape index (κ1) is 16.2. The van der Waals surface area contributed by atoms with E-state index >= 15 is 0 Å². The zero-order valence-electron chi connectivity index (χ0n) is 14.5. The highest BCUT2D eigenvalue weighted by Crippen LogP contribution is 2.57. The minimum Gasteiger partial charge on any atom is -0.377 e. The molecule has 2 fully saturated rings. The summed E-state index contributed by atoms with van der Waals surface area (Å²) in [5.41, 5.74) is 5.90.